The molecule has 1 aliphatic rings. The lowest BCUT2D eigenvalue weighted by atomic mass is 9.94. The van der Waals surface area contributed by atoms with Gasteiger partial charge in [0.15, 0.2) is 0 Å². The van der Waals surface area contributed by atoms with Gasteiger partial charge in [0, 0.05) is 37.3 Å². The number of unbranched alkanes of at least 4 members (excludes halogenated alkanes) is 1. The van der Waals surface area contributed by atoms with Crippen LogP contribution in [0.5, 0.6) is 0 Å². The zero-order chi connectivity index (χ0) is 24.6. The molecule has 0 radical (unpaired) electrons. The molecule has 0 aliphatic carbocycles. The number of H-pyrrole nitrogens is 1. The monoisotopic (exact) mass is 483 g/mol. The van der Waals surface area contributed by atoms with Crippen LogP contribution >= 0.6 is 0 Å². The zero-order valence-corrected chi connectivity index (χ0v) is 21.3. The van der Waals surface area contributed by atoms with Gasteiger partial charge in [-0.15, -0.1) is 5.54 Å². The first-order valence-corrected chi connectivity index (χ1v) is 15.2. The quantitative estimate of drug-likeness (QED) is 0.324. The van der Waals surface area contributed by atoms with Crippen LogP contribution in [-0.2, 0) is 18.3 Å². The van der Waals surface area contributed by atoms with E-state index in [1.807, 2.05) is 17.8 Å². The van der Waals surface area contributed by atoms with E-state index in [-0.39, 0.29) is 11.4 Å². The number of fused-ring (bicyclic) bond motifs is 3. The van der Waals surface area contributed by atoms with E-state index in [0.29, 0.717) is 29.9 Å². The number of imidazole rings is 1. The van der Waals surface area contributed by atoms with Gasteiger partial charge in [0.05, 0.1) is 17.4 Å². The van der Waals surface area contributed by atoms with Gasteiger partial charge < -0.3 is 14.5 Å². The molecule has 1 amide bonds. The number of aryl methyl sites for hydroxylation is 1. The normalized spacial score (nSPS) is 18.0. The smallest absolute Gasteiger partial charge is 0.300 e. The molecule has 0 bridgehead atoms. The lowest BCUT2D eigenvalue weighted by Crippen LogP contribution is -2.55. The number of amides is 1. The van der Waals surface area contributed by atoms with Gasteiger partial charge >= 0.3 is 0 Å². The maximum absolute atomic E-state index is 14.7. The predicted molar refractivity (Wildman–Crippen MR) is 132 cm³/mol. The van der Waals surface area contributed by atoms with E-state index in [4.69, 9.17) is 0 Å². The van der Waals surface area contributed by atoms with Crippen molar-refractivity contribution in [1.82, 2.24) is 24.8 Å². The minimum atomic E-state index is -1.80. The summed E-state index contributed by atoms with van der Waals surface area (Å²) in [4.78, 5) is 23.0. The minimum absolute atomic E-state index is 0.236. The molecule has 0 saturated carbocycles. The number of nitrogens with zero attached hydrogens (tertiary/aromatic N) is 3. The number of halogens is 2. The molecule has 2 N–H and O–H groups in total. The van der Waals surface area contributed by atoms with E-state index in [9.17, 15) is 13.6 Å². The third-order valence-corrected chi connectivity index (χ3v) is 6.92. The van der Waals surface area contributed by atoms with Crippen molar-refractivity contribution >= 4 is 24.9 Å². The first-order valence-electron chi connectivity index (χ1n) is 11.7. The average molecular weight is 484 g/mol. The highest BCUT2D eigenvalue weighted by atomic mass is 28.3. The van der Waals surface area contributed by atoms with Gasteiger partial charge in [0.25, 0.3) is 5.91 Å². The lowest BCUT2D eigenvalue weighted by molar-refractivity contribution is -0.131. The molecular weight excluding hydrogens is 452 g/mol. The topological polar surface area (TPSA) is 66.0 Å². The molecule has 1 aliphatic heterocycles. The molecule has 0 saturated heterocycles. The summed E-state index contributed by atoms with van der Waals surface area (Å²) in [7, 11) is 0.0599. The molecule has 0 fully saturated rings. The van der Waals surface area contributed by atoms with Crippen LogP contribution in [0.4, 0.5) is 8.78 Å². The Morgan fingerprint density at radius 2 is 2.09 bits per heavy atom. The van der Waals surface area contributed by atoms with Crippen molar-refractivity contribution < 1.29 is 13.6 Å². The summed E-state index contributed by atoms with van der Waals surface area (Å²) < 4.78 is 30.8. The number of aromatic nitrogens is 3. The van der Waals surface area contributed by atoms with Gasteiger partial charge in [-0.2, -0.15) is 0 Å². The van der Waals surface area contributed by atoms with Crippen molar-refractivity contribution in [1.29, 1.82) is 0 Å². The van der Waals surface area contributed by atoms with Crippen molar-refractivity contribution in [2.24, 2.45) is 7.05 Å². The number of benzene rings is 1. The Kier molecular flexibility index (Phi) is 6.65. The summed E-state index contributed by atoms with van der Waals surface area (Å²) in [5.41, 5.74) is 4.85. The number of hydrogen-bond acceptors (Lipinski definition) is 3. The van der Waals surface area contributed by atoms with Gasteiger partial charge in [0.1, 0.15) is 31.6 Å². The summed E-state index contributed by atoms with van der Waals surface area (Å²) in [6.45, 7) is 9.07. The summed E-state index contributed by atoms with van der Waals surface area (Å²) in [5.74, 6) is 1.91. The molecule has 2 aromatic heterocycles. The average Bonchev–Trinajstić information content (AvgIpc) is 3.34. The Bertz CT molecular complexity index is 1280. The molecule has 0 spiro atoms. The molecule has 2 atom stereocenters. The summed E-state index contributed by atoms with van der Waals surface area (Å²) in [5, 5.41) is 3.99. The molecule has 3 heterocycles. The maximum Gasteiger partial charge on any atom is 0.300 e. The largest absolute Gasteiger partial charge is 0.354 e. The first kappa shape index (κ1) is 24.2. The Hall–Kier alpha value is -2.96. The molecule has 0 unspecified atom stereocenters. The van der Waals surface area contributed by atoms with Crippen molar-refractivity contribution in [2.45, 2.75) is 58.0 Å². The standard InChI is InChI=1S/C25H31F2N5OSi/c1-6-7-9-28-20-15-18-17-13-16(26)14-19(27)22(17)30-23(18)24(25-29-10-11-31(25)2)32(20)21(33)8-12-34(3,4)5/h10-11,13-14,20,24,28,30H,6-7,9,15H2,1-5H3/t20-,24-/m1/s1. The van der Waals surface area contributed by atoms with E-state index in [2.05, 4.69) is 53.3 Å². The molecule has 34 heavy (non-hydrogen) atoms. The van der Waals surface area contributed by atoms with Gasteiger partial charge in [-0.1, -0.05) is 33.0 Å². The molecule has 6 nitrogen and oxygen atoms in total. The van der Waals surface area contributed by atoms with Crippen LogP contribution in [-0.4, -0.2) is 46.1 Å². The Morgan fingerprint density at radius 3 is 2.74 bits per heavy atom. The molecule has 4 rings (SSSR count). The second-order valence-electron chi connectivity index (χ2n) is 9.87. The van der Waals surface area contributed by atoms with Crippen LogP contribution in [0.15, 0.2) is 24.5 Å². The van der Waals surface area contributed by atoms with Crippen LogP contribution in [0.2, 0.25) is 19.6 Å². The van der Waals surface area contributed by atoms with Crippen LogP contribution in [0.25, 0.3) is 10.9 Å². The number of carbonyl (C=O) groups is 1. The lowest BCUT2D eigenvalue weighted by Gasteiger charge is -2.41. The predicted octanol–water partition coefficient (Wildman–Crippen LogP) is 4.25. The van der Waals surface area contributed by atoms with E-state index in [1.165, 1.54) is 6.07 Å². The Balaban J connectivity index is 1.93. The number of aromatic amines is 1. The number of carbonyl (C=O) groups excluding carboxylic acids is 1. The maximum atomic E-state index is 14.7. The second kappa shape index (κ2) is 9.35. The fourth-order valence-electron chi connectivity index (χ4n) is 4.43. The van der Waals surface area contributed by atoms with Crippen molar-refractivity contribution in [3.05, 3.63) is 53.2 Å². The van der Waals surface area contributed by atoms with Gasteiger partial charge in [-0.05, 0) is 30.5 Å². The summed E-state index contributed by atoms with van der Waals surface area (Å²) in [6.07, 6.45) is 5.43. The highest BCUT2D eigenvalue weighted by Gasteiger charge is 2.42. The molecule has 9 heteroatoms. The number of rotatable bonds is 5. The van der Waals surface area contributed by atoms with Crippen molar-refractivity contribution in [3.8, 4) is 11.5 Å². The Morgan fingerprint density at radius 1 is 1.32 bits per heavy atom. The fraction of sp³-hybridized carbons (Fsp3) is 0.440. The van der Waals surface area contributed by atoms with Crippen molar-refractivity contribution in [3.63, 3.8) is 0 Å². The Labute approximate surface area is 199 Å². The SMILES string of the molecule is CCCCN[C@H]1Cc2c([nH]c3c(F)cc(F)cc23)[C@H](c2nccn2C)N1C(=O)C#C[Si](C)(C)C. The number of nitrogens with one attached hydrogen (secondary N) is 2. The van der Waals surface area contributed by atoms with E-state index in [0.717, 1.165) is 24.5 Å². The fourth-order valence-corrected chi connectivity index (χ4v) is 4.91. The van der Waals surface area contributed by atoms with Gasteiger partial charge in [0.2, 0.25) is 0 Å². The van der Waals surface area contributed by atoms with Crippen LogP contribution in [0.1, 0.15) is 42.9 Å². The third kappa shape index (κ3) is 4.65. The van der Waals surface area contributed by atoms with Crippen molar-refractivity contribution in [2.75, 3.05) is 6.54 Å². The molecule has 180 valence electrons. The van der Waals surface area contributed by atoms with E-state index in [1.54, 1.807) is 11.1 Å². The first-order chi connectivity index (χ1) is 16.1. The highest BCUT2D eigenvalue weighted by Crippen LogP contribution is 2.40. The molecule has 1 aromatic carbocycles. The van der Waals surface area contributed by atoms with Crippen LogP contribution in [0, 0.1) is 23.1 Å². The second-order valence-corrected chi connectivity index (χ2v) is 14.6. The van der Waals surface area contributed by atoms with Crippen LogP contribution in [0.3, 0.4) is 0 Å². The third-order valence-electron chi connectivity index (χ3n) is 6.04. The molecular formula is C25H31F2N5OSi. The summed E-state index contributed by atoms with van der Waals surface area (Å²) in [6, 6.07) is 1.61. The molecule has 3 aromatic rings. The van der Waals surface area contributed by atoms with Gasteiger partial charge in [-0.25, -0.2) is 13.8 Å². The summed E-state index contributed by atoms with van der Waals surface area (Å²) >= 11 is 0. The number of hydrogen-bond donors (Lipinski definition) is 2. The zero-order valence-electron chi connectivity index (χ0n) is 20.3. The van der Waals surface area contributed by atoms with Crippen LogP contribution < -0.4 is 5.32 Å². The minimum Gasteiger partial charge on any atom is -0.354 e. The van der Waals surface area contributed by atoms with E-state index >= 15 is 0 Å². The highest BCUT2D eigenvalue weighted by molar-refractivity contribution is 6.84. The van der Waals surface area contributed by atoms with Gasteiger partial charge in [-0.3, -0.25) is 10.1 Å². The van der Waals surface area contributed by atoms with E-state index < -0.39 is 31.9 Å².